The number of esters is 1. The van der Waals surface area contributed by atoms with Crippen molar-refractivity contribution >= 4 is 17.5 Å². The van der Waals surface area contributed by atoms with Gasteiger partial charge in [0.15, 0.2) is 0 Å². The lowest BCUT2D eigenvalue weighted by Crippen LogP contribution is -2.32. The van der Waals surface area contributed by atoms with E-state index < -0.39 is 12.1 Å². The number of hydrogen-bond donors (Lipinski definition) is 0. The highest BCUT2D eigenvalue weighted by atomic mass is 16.5. The van der Waals surface area contributed by atoms with Crippen LogP contribution in [0.15, 0.2) is 23.3 Å². The van der Waals surface area contributed by atoms with Crippen molar-refractivity contribution in [3.05, 3.63) is 23.3 Å². The molecule has 1 heterocycles. The predicted molar refractivity (Wildman–Crippen MR) is 92.3 cm³/mol. The summed E-state index contributed by atoms with van der Waals surface area (Å²) in [6.07, 6.45) is 6.05. The number of carbonyl (C=O) groups excluding carboxylic acids is 3. The molecule has 1 aliphatic carbocycles. The minimum Gasteiger partial charge on any atom is -0.454 e. The lowest BCUT2D eigenvalue weighted by molar-refractivity contribution is -0.145. The number of carbonyl (C=O) groups is 3. The monoisotopic (exact) mass is 332 g/mol. The van der Waals surface area contributed by atoms with Crippen molar-refractivity contribution in [1.29, 1.82) is 0 Å². The summed E-state index contributed by atoms with van der Waals surface area (Å²) in [6, 6.07) is 0. The average molecular weight is 332 g/mol. The van der Waals surface area contributed by atoms with E-state index in [0.717, 1.165) is 18.4 Å². The van der Waals surface area contributed by atoms with Gasteiger partial charge in [0.05, 0.1) is 5.92 Å². The molecular weight excluding hydrogens is 304 g/mol. The second kappa shape index (κ2) is 7.91. The third kappa shape index (κ3) is 4.65. The summed E-state index contributed by atoms with van der Waals surface area (Å²) < 4.78 is 5.43. The highest BCUT2D eigenvalue weighted by Crippen LogP contribution is 2.30. The zero-order chi connectivity index (χ0) is 17.9. The summed E-state index contributed by atoms with van der Waals surface area (Å²) in [5, 5.41) is 0. The SMILES string of the molecule is C/C1=C/CC[C@H](C)CC(=O)CC2=C[C@@H](OC2=O)[C@H](C(C)C)C(=O)C1. The minimum absolute atomic E-state index is 0.0662. The summed E-state index contributed by atoms with van der Waals surface area (Å²) in [5.41, 5.74) is 1.47. The van der Waals surface area contributed by atoms with Crippen LogP contribution < -0.4 is 0 Å². The van der Waals surface area contributed by atoms with Crippen LogP contribution in [-0.2, 0) is 19.1 Å². The standard InChI is InChI=1S/C20H28O4/c1-12(2)19-17(22)9-14(4)7-5-6-13(3)8-16(21)10-15-11-18(19)24-20(15)23/h7,11-13,18-19H,5-6,8-10H2,1-4H3/b14-7-/t13-,18+,19+/m0/s1. The fourth-order valence-electron chi connectivity index (χ4n) is 3.60. The Morgan fingerprint density at radius 2 is 1.88 bits per heavy atom. The van der Waals surface area contributed by atoms with Crippen LogP contribution in [0.25, 0.3) is 0 Å². The summed E-state index contributed by atoms with van der Waals surface area (Å²) in [5.74, 6) is -0.282. The third-order valence-electron chi connectivity index (χ3n) is 4.88. The van der Waals surface area contributed by atoms with Crippen LogP contribution in [0.2, 0.25) is 0 Å². The third-order valence-corrected chi connectivity index (χ3v) is 4.88. The average Bonchev–Trinajstić information content (AvgIpc) is 2.77. The predicted octanol–water partition coefficient (Wildman–Crippen LogP) is 3.80. The Labute approximate surface area is 144 Å². The minimum atomic E-state index is -0.541. The summed E-state index contributed by atoms with van der Waals surface area (Å²) >= 11 is 0. The van der Waals surface area contributed by atoms with Gasteiger partial charge in [-0.25, -0.2) is 4.79 Å². The molecule has 0 saturated carbocycles. The van der Waals surface area contributed by atoms with E-state index in [2.05, 4.69) is 13.0 Å². The highest BCUT2D eigenvalue weighted by Gasteiger charge is 2.37. The summed E-state index contributed by atoms with van der Waals surface area (Å²) in [4.78, 5) is 37.0. The first-order valence-corrected chi connectivity index (χ1v) is 8.89. The number of ketones is 2. The maximum absolute atomic E-state index is 12.7. The molecule has 0 fully saturated rings. The smallest absolute Gasteiger partial charge is 0.334 e. The van der Waals surface area contributed by atoms with Crippen LogP contribution in [0.5, 0.6) is 0 Å². The molecule has 24 heavy (non-hydrogen) atoms. The molecule has 2 rings (SSSR count). The molecule has 0 aromatic rings. The van der Waals surface area contributed by atoms with Crippen molar-refractivity contribution < 1.29 is 19.1 Å². The Balaban J connectivity index is 2.30. The molecular formula is C20H28O4. The van der Waals surface area contributed by atoms with Gasteiger partial charge >= 0.3 is 5.97 Å². The van der Waals surface area contributed by atoms with Gasteiger partial charge in [-0.05, 0) is 37.7 Å². The second-order valence-electron chi connectivity index (χ2n) is 7.63. The number of ether oxygens (including phenoxy) is 1. The molecule has 0 radical (unpaired) electrons. The maximum atomic E-state index is 12.7. The van der Waals surface area contributed by atoms with Gasteiger partial charge in [0, 0.05) is 24.8 Å². The number of allylic oxidation sites excluding steroid dienone is 2. The molecule has 132 valence electrons. The van der Waals surface area contributed by atoms with Gasteiger partial charge in [0.2, 0.25) is 0 Å². The Kier molecular flexibility index (Phi) is 6.14. The molecule has 2 bridgehead atoms. The molecule has 4 heteroatoms. The first kappa shape index (κ1) is 18.6. The van der Waals surface area contributed by atoms with E-state index in [0.29, 0.717) is 18.4 Å². The van der Waals surface area contributed by atoms with E-state index in [1.54, 1.807) is 6.08 Å². The molecule has 0 N–H and O–H groups in total. The zero-order valence-corrected chi connectivity index (χ0v) is 15.1. The normalized spacial score (nSPS) is 32.0. The zero-order valence-electron chi connectivity index (χ0n) is 15.1. The Hall–Kier alpha value is -1.71. The fourth-order valence-corrected chi connectivity index (χ4v) is 3.60. The van der Waals surface area contributed by atoms with Crippen LogP contribution in [-0.4, -0.2) is 23.6 Å². The van der Waals surface area contributed by atoms with Gasteiger partial charge < -0.3 is 4.74 Å². The first-order valence-electron chi connectivity index (χ1n) is 8.89. The molecule has 0 aromatic carbocycles. The number of rotatable bonds is 1. The van der Waals surface area contributed by atoms with Crippen LogP contribution in [0.1, 0.15) is 59.8 Å². The van der Waals surface area contributed by atoms with Gasteiger partial charge in [0.1, 0.15) is 17.7 Å². The number of hydrogen-bond acceptors (Lipinski definition) is 4. The molecule has 0 saturated heterocycles. The van der Waals surface area contributed by atoms with E-state index >= 15 is 0 Å². The van der Waals surface area contributed by atoms with Crippen molar-refractivity contribution in [2.75, 3.05) is 0 Å². The molecule has 3 atom stereocenters. The van der Waals surface area contributed by atoms with Crippen LogP contribution in [0, 0.1) is 17.8 Å². The molecule has 0 amide bonds. The summed E-state index contributed by atoms with van der Waals surface area (Å²) in [7, 11) is 0. The summed E-state index contributed by atoms with van der Waals surface area (Å²) in [6.45, 7) is 7.96. The topological polar surface area (TPSA) is 60.4 Å². The molecule has 0 spiro atoms. The van der Waals surface area contributed by atoms with E-state index in [1.165, 1.54) is 0 Å². The van der Waals surface area contributed by atoms with E-state index in [9.17, 15) is 14.4 Å². The van der Waals surface area contributed by atoms with Crippen molar-refractivity contribution in [3.8, 4) is 0 Å². The lowest BCUT2D eigenvalue weighted by atomic mass is 9.83. The maximum Gasteiger partial charge on any atom is 0.334 e. The van der Waals surface area contributed by atoms with E-state index in [1.807, 2.05) is 20.8 Å². The lowest BCUT2D eigenvalue weighted by Gasteiger charge is -2.24. The Bertz CT molecular complexity index is 582. The number of fused-ring (bicyclic) bond motifs is 1. The van der Waals surface area contributed by atoms with Crippen LogP contribution >= 0.6 is 0 Å². The van der Waals surface area contributed by atoms with Crippen molar-refractivity contribution in [3.63, 3.8) is 0 Å². The van der Waals surface area contributed by atoms with Crippen LogP contribution in [0.4, 0.5) is 0 Å². The molecule has 1 aliphatic heterocycles. The molecule has 2 aliphatic rings. The highest BCUT2D eigenvalue weighted by molar-refractivity contribution is 5.98. The molecule has 4 nitrogen and oxygen atoms in total. The van der Waals surface area contributed by atoms with Gasteiger partial charge in [0.25, 0.3) is 0 Å². The van der Waals surface area contributed by atoms with Gasteiger partial charge in [-0.2, -0.15) is 0 Å². The Morgan fingerprint density at radius 1 is 1.17 bits per heavy atom. The van der Waals surface area contributed by atoms with E-state index in [-0.39, 0.29) is 35.7 Å². The number of Topliss-reactive ketones (excluding diaryl/α,β-unsaturated/α-hetero) is 2. The van der Waals surface area contributed by atoms with Crippen molar-refractivity contribution in [1.82, 2.24) is 0 Å². The molecule has 0 aromatic heterocycles. The van der Waals surface area contributed by atoms with E-state index in [4.69, 9.17) is 4.74 Å². The van der Waals surface area contributed by atoms with Crippen molar-refractivity contribution in [2.45, 2.75) is 65.9 Å². The molecule has 0 unspecified atom stereocenters. The van der Waals surface area contributed by atoms with Crippen LogP contribution in [0.3, 0.4) is 0 Å². The Morgan fingerprint density at radius 3 is 2.54 bits per heavy atom. The van der Waals surface area contributed by atoms with Gasteiger partial charge in [-0.3, -0.25) is 9.59 Å². The fraction of sp³-hybridized carbons (Fsp3) is 0.650. The second-order valence-corrected chi connectivity index (χ2v) is 7.63. The first-order chi connectivity index (χ1) is 11.3. The van der Waals surface area contributed by atoms with Gasteiger partial charge in [-0.1, -0.05) is 32.4 Å². The largest absolute Gasteiger partial charge is 0.454 e. The van der Waals surface area contributed by atoms with Crippen molar-refractivity contribution in [2.24, 2.45) is 17.8 Å². The quantitative estimate of drug-likeness (QED) is 0.541. The van der Waals surface area contributed by atoms with Gasteiger partial charge in [-0.15, -0.1) is 0 Å².